The smallest absolute Gasteiger partial charge is 0.261 e. The third-order valence-electron chi connectivity index (χ3n) is 6.11. The Morgan fingerprint density at radius 3 is 2.17 bits per heavy atom. The predicted octanol–water partition coefficient (Wildman–Crippen LogP) is 5.40. The number of hydrogen-bond donors (Lipinski definition) is 1. The van der Waals surface area contributed by atoms with E-state index in [1.807, 2.05) is 93.6 Å². The maximum Gasteiger partial charge on any atom is 0.261 e. The fourth-order valence-electron chi connectivity index (χ4n) is 4.05. The van der Waals surface area contributed by atoms with Gasteiger partial charge < -0.3 is 15.0 Å². The number of amides is 2. The summed E-state index contributed by atoms with van der Waals surface area (Å²) in [7, 11) is 0. The molecule has 0 radical (unpaired) electrons. The van der Waals surface area contributed by atoms with Gasteiger partial charge >= 0.3 is 0 Å². The number of aryl methyl sites for hydroxylation is 3. The van der Waals surface area contributed by atoms with E-state index in [1.165, 1.54) is 0 Å². The summed E-state index contributed by atoms with van der Waals surface area (Å²) in [4.78, 5) is 28.8. The standard InChI is InChI=1S/C31H38N2O3/c1-22(2)19-32-31(35)28(18-26-9-7-6-8-10-26)33(20-27-14-11-23(3)12-15-27)30(34)21-36-29-16-13-24(4)17-25(29)5/h6-17,22,28H,18-21H2,1-5H3,(H,32,35)/t28-/m0/s1. The van der Waals surface area contributed by atoms with Crippen LogP contribution in [0.5, 0.6) is 5.75 Å². The SMILES string of the molecule is Cc1ccc(CN(C(=O)COc2ccc(C)cc2C)[C@@H](Cc2ccccc2)C(=O)NCC(C)C)cc1. The van der Waals surface area contributed by atoms with Crippen LogP contribution in [0.1, 0.15) is 41.7 Å². The van der Waals surface area contributed by atoms with E-state index in [4.69, 9.17) is 4.74 Å². The molecule has 1 atom stereocenters. The molecule has 3 rings (SSSR count). The second-order valence-corrected chi connectivity index (χ2v) is 9.91. The average molecular weight is 487 g/mol. The molecule has 5 nitrogen and oxygen atoms in total. The van der Waals surface area contributed by atoms with Gasteiger partial charge in [0.05, 0.1) is 0 Å². The third-order valence-corrected chi connectivity index (χ3v) is 6.11. The second-order valence-electron chi connectivity index (χ2n) is 9.91. The number of carbonyl (C=O) groups is 2. The summed E-state index contributed by atoms with van der Waals surface area (Å²) in [6.07, 6.45) is 0.423. The van der Waals surface area contributed by atoms with Gasteiger partial charge in [-0.05, 0) is 49.4 Å². The van der Waals surface area contributed by atoms with E-state index in [1.54, 1.807) is 4.90 Å². The molecule has 3 aromatic rings. The quantitative estimate of drug-likeness (QED) is 0.395. The Hall–Kier alpha value is -3.60. The molecule has 2 amide bonds. The number of rotatable bonds is 11. The molecule has 0 aromatic heterocycles. The van der Waals surface area contributed by atoms with E-state index in [2.05, 4.69) is 19.2 Å². The monoisotopic (exact) mass is 486 g/mol. The van der Waals surface area contributed by atoms with Crippen molar-refractivity contribution in [3.05, 3.63) is 101 Å². The summed E-state index contributed by atoms with van der Waals surface area (Å²) >= 11 is 0. The van der Waals surface area contributed by atoms with Crippen molar-refractivity contribution < 1.29 is 14.3 Å². The van der Waals surface area contributed by atoms with Crippen LogP contribution in [0.4, 0.5) is 0 Å². The summed E-state index contributed by atoms with van der Waals surface area (Å²) < 4.78 is 5.95. The first-order chi connectivity index (χ1) is 17.2. The maximum absolute atomic E-state index is 13.7. The first-order valence-electron chi connectivity index (χ1n) is 12.6. The second kappa shape index (κ2) is 12.9. The van der Waals surface area contributed by atoms with Gasteiger partial charge in [-0.3, -0.25) is 9.59 Å². The molecular weight excluding hydrogens is 448 g/mol. The van der Waals surface area contributed by atoms with Crippen molar-refractivity contribution in [1.29, 1.82) is 0 Å². The van der Waals surface area contributed by atoms with Crippen LogP contribution < -0.4 is 10.1 Å². The Balaban J connectivity index is 1.90. The minimum absolute atomic E-state index is 0.140. The third kappa shape index (κ3) is 7.98. The van der Waals surface area contributed by atoms with Crippen LogP contribution in [0.2, 0.25) is 0 Å². The highest BCUT2D eigenvalue weighted by molar-refractivity contribution is 5.88. The summed E-state index contributed by atoms with van der Waals surface area (Å²) in [5, 5.41) is 3.05. The Bertz CT molecular complexity index is 1140. The molecule has 0 saturated heterocycles. The van der Waals surface area contributed by atoms with Crippen molar-refractivity contribution in [2.24, 2.45) is 5.92 Å². The van der Waals surface area contributed by atoms with Crippen LogP contribution >= 0.6 is 0 Å². The van der Waals surface area contributed by atoms with Crippen LogP contribution in [-0.2, 0) is 22.6 Å². The van der Waals surface area contributed by atoms with Crippen molar-refractivity contribution >= 4 is 11.8 Å². The molecule has 5 heteroatoms. The molecule has 1 N–H and O–H groups in total. The number of ether oxygens (including phenoxy) is 1. The topological polar surface area (TPSA) is 58.6 Å². The van der Waals surface area contributed by atoms with Gasteiger partial charge in [-0.1, -0.05) is 91.7 Å². The summed E-state index contributed by atoms with van der Waals surface area (Å²) in [5.41, 5.74) is 5.22. The lowest BCUT2D eigenvalue weighted by atomic mass is 10.0. The van der Waals surface area contributed by atoms with Crippen molar-refractivity contribution in [2.45, 2.75) is 53.6 Å². The normalized spacial score (nSPS) is 11.7. The van der Waals surface area contributed by atoms with E-state index in [9.17, 15) is 9.59 Å². The van der Waals surface area contributed by atoms with Gasteiger partial charge in [0.25, 0.3) is 5.91 Å². The average Bonchev–Trinajstić information content (AvgIpc) is 2.85. The Morgan fingerprint density at radius 2 is 1.53 bits per heavy atom. The lowest BCUT2D eigenvalue weighted by Crippen LogP contribution is -2.52. The van der Waals surface area contributed by atoms with Crippen LogP contribution in [-0.4, -0.2) is 35.9 Å². The molecule has 3 aromatic carbocycles. The van der Waals surface area contributed by atoms with Crippen LogP contribution in [0.25, 0.3) is 0 Å². The van der Waals surface area contributed by atoms with Crippen LogP contribution in [0, 0.1) is 26.7 Å². The largest absolute Gasteiger partial charge is 0.483 e. The highest BCUT2D eigenvalue weighted by Gasteiger charge is 2.30. The van der Waals surface area contributed by atoms with E-state index < -0.39 is 6.04 Å². The molecule has 0 aliphatic carbocycles. The fraction of sp³-hybridized carbons (Fsp3) is 0.355. The van der Waals surface area contributed by atoms with Gasteiger partial charge in [0.1, 0.15) is 11.8 Å². The van der Waals surface area contributed by atoms with Gasteiger partial charge in [-0.25, -0.2) is 0 Å². The van der Waals surface area contributed by atoms with Gasteiger partial charge in [-0.15, -0.1) is 0 Å². The lowest BCUT2D eigenvalue weighted by molar-refractivity contribution is -0.142. The molecule has 0 aliphatic heterocycles. The zero-order chi connectivity index (χ0) is 26.1. The number of carbonyl (C=O) groups excluding carboxylic acids is 2. The summed E-state index contributed by atoms with van der Waals surface area (Å²) in [6, 6.07) is 23.1. The molecule has 190 valence electrons. The molecule has 0 bridgehead atoms. The Labute approximate surface area is 215 Å². The molecule has 0 spiro atoms. The fourth-order valence-corrected chi connectivity index (χ4v) is 4.05. The minimum atomic E-state index is -0.664. The molecule has 36 heavy (non-hydrogen) atoms. The maximum atomic E-state index is 13.7. The van der Waals surface area contributed by atoms with Crippen LogP contribution in [0.3, 0.4) is 0 Å². The van der Waals surface area contributed by atoms with Gasteiger partial charge in [0, 0.05) is 19.5 Å². The number of hydrogen-bond acceptors (Lipinski definition) is 3. The first kappa shape index (κ1) is 27.0. The zero-order valence-electron chi connectivity index (χ0n) is 22.1. The summed E-state index contributed by atoms with van der Waals surface area (Å²) in [5.74, 6) is 0.601. The molecule has 0 heterocycles. The highest BCUT2D eigenvalue weighted by Crippen LogP contribution is 2.20. The molecular formula is C31H38N2O3. The molecule has 0 fully saturated rings. The van der Waals surface area contributed by atoms with Crippen molar-refractivity contribution in [2.75, 3.05) is 13.2 Å². The number of nitrogens with one attached hydrogen (secondary N) is 1. The van der Waals surface area contributed by atoms with E-state index in [0.29, 0.717) is 31.2 Å². The Morgan fingerprint density at radius 1 is 0.861 bits per heavy atom. The van der Waals surface area contributed by atoms with E-state index >= 15 is 0 Å². The van der Waals surface area contributed by atoms with Gasteiger partial charge in [0.2, 0.25) is 5.91 Å². The zero-order valence-corrected chi connectivity index (χ0v) is 22.1. The van der Waals surface area contributed by atoms with Crippen molar-refractivity contribution in [1.82, 2.24) is 10.2 Å². The highest BCUT2D eigenvalue weighted by atomic mass is 16.5. The first-order valence-corrected chi connectivity index (χ1v) is 12.6. The number of benzene rings is 3. The van der Waals surface area contributed by atoms with E-state index in [0.717, 1.165) is 27.8 Å². The van der Waals surface area contributed by atoms with Crippen LogP contribution in [0.15, 0.2) is 72.8 Å². The van der Waals surface area contributed by atoms with E-state index in [-0.39, 0.29) is 18.4 Å². The number of nitrogens with zero attached hydrogens (tertiary/aromatic N) is 1. The molecule has 0 saturated carbocycles. The van der Waals surface area contributed by atoms with Gasteiger partial charge in [0.15, 0.2) is 6.61 Å². The minimum Gasteiger partial charge on any atom is -0.483 e. The molecule has 0 aliphatic rings. The van der Waals surface area contributed by atoms with Gasteiger partial charge in [-0.2, -0.15) is 0 Å². The predicted molar refractivity (Wildman–Crippen MR) is 145 cm³/mol. The molecule has 0 unspecified atom stereocenters. The lowest BCUT2D eigenvalue weighted by Gasteiger charge is -2.32. The Kier molecular flexibility index (Phi) is 9.69. The van der Waals surface area contributed by atoms with Crippen molar-refractivity contribution in [3.63, 3.8) is 0 Å². The summed E-state index contributed by atoms with van der Waals surface area (Å²) in [6.45, 7) is 10.9. The van der Waals surface area contributed by atoms with Crippen molar-refractivity contribution in [3.8, 4) is 5.75 Å².